The van der Waals surface area contributed by atoms with Crippen LogP contribution in [0, 0.1) is 0 Å². The van der Waals surface area contributed by atoms with E-state index in [9.17, 15) is 0 Å². The Hall–Kier alpha value is -5.14. The lowest BCUT2D eigenvalue weighted by Crippen LogP contribution is -2.12. The molecule has 7 aromatic rings. The molecule has 0 saturated carbocycles. The molecule has 0 unspecified atom stereocenters. The predicted octanol–water partition coefficient (Wildman–Crippen LogP) is 6.52. The van der Waals surface area contributed by atoms with E-state index in [1.807, 2.05) is 55.1 Å². The number of H-pyrrole nitrogens is 2. The van der Waals surface area contributed by atoms with Crippen LogP contribution in [0.4, 0.5) is 0 Å². The molecule has 0 spiro atoms. The summed E-state index contributed by atoms with van der Waals surface area (Å²) in [6.07, 6.45) is 7.46. The Morgan fingerprint density at radius 1 is 0.692 bits per heavy atom. The fourth-order valence-electron chi connectivity index (χ4n) is 4.99. The molecule has 0 atom stereocenters. The number of aromatic nitrogens is 6. The van der Waals surface area contributed by atoms with Crippen molar-refractivity contribution in [1.29, 1.82) is 0 Å². The van der Waals surface area contributed by atoms with Crippen molar-refractivity contribution >= 4 is 21.9 Å². The molecule has 0 saturated heterocycles. The fourth-order valence-corrected chi connectivity index (χ4v) is 4.99. The Morgan fingerprint density at radius 3 is 2.46 bits per heavy atom. The van der Waals surface area contributed by atoms with Gasteiger partial charge in [-0.25, -0.2) is 4.98 Å². The van der Waals surface area contributed by atoms with Crippen LogP contribution < -0.4 is 5.32 Å². The molecule has 7 heteroatoms. The minimum Gasteiger partial charge on any atom is -0.353 e. The van der Waals surface area contributed by atoms with Gasteiger partial charge in [0.2, 0.25) is 0 Å². The van der Waals surface area contributed by atoms with Gasteiger partial charge in [0.1, 0.15) is 0 Å². The number of hydrogen-bond acceptors (Lipinski definition) is 5. The van der Waals surface area contributed by atoms with E-state index in [0.717, 1.165) is 68.7 Å². The van der Waals surface area contributed by atoms with Crippen molar-refractivity contribution in [1.82, 2.24) is 35.5 Å². The summed E-state index contributed by atoms with van der Waals surface area (Å²) in [7, 11) is 0. The van der Waals surface area contributed by atoms with Crippen molar-refractivity contribution in [3.8, 4) is 33.8 Å². The van der Waals surface area contributed by atoms with Gasteiger partial charge in [-0.3, -0.25) is 15.1 Å². The molecular weight excluding hydrogens is 482 g/mol. The Bertz CT molecular complexity index is 1890. The zero-order chi connectivity index (χ0) is 26.0. The van der Waals surface area contributed by atoms with Gasteiger partial charge >= 0.3 is 0 Å². The van der Waals surface area contributed by atoms with Crippen molar-refractivity contribution in [3.05, 3.63) is 121 Å². The van der Waals surface area contributed by atoms with Crippen LogP contribution >= 0.6 is 0 Å². The number of benzene rings is 2. The summed E-state index contributed by atoms with van der Waals surface area (Å²) in [6.45, 7) is 1.54. The Kier molecular flexibility index (Phi) is 5.88. The van der Waals surface area contributed by atoms with E-state index >= 15 is 0 Å². The van der Waals surface area contributed by atoms with Crippen LogP contribution in [0.1, 0.15) is 11.1 Å². The quantitative estimate of drug-likeness (QED) is 0.228. The van der Waals surface area contributed by atoms with Gasteiger partial charge in [0.05, 0.1) is 17.1 Å². The highest BCUT2D eigenvalue weighted by molar-refractivity contribution is 6.00. The first-order chi connectivity index (χ1) is 19.3. The average Bonchev–Trinajstić information content (AvgIpc) is 3.62. The molecule has 0 bridgehead atoms. The third kappa shape index (κ3) is 4.56. The fraction of sp³-hybridized carbons (Fsp3) is 0.0625. The molecule has 188 valence electrons. The monoisotopic (exact) mass is 507 g/mol. The maximum Gasteiger partial charge on any atom is 0.181 e. The van der Waals surface area contributed by atoms with Gasteiger partial charge in [-0.2, -0.15) is 5.10 Å². The zero-order valence-corrected chi connectivity index (χ0v) is 21.1. The predicted molar refractivity (Wildman–Crippen MR) is 155 cm³/mol. The van der Waals surface area contributed by atoms with E-state index in [2.05, 4.69) is 90.0 Å². The molecule has 2 aromatic carbocycles. The topological polar surface area (TPSA) is 95.2 Å². The van der Waals surface area contributed by atoms with E-state index in [0.29, 0.717) is 5.65 Å². The van der Waals surface area contributed by atoms with E-state index in [1.165, 1.54) is 5.56 Å². The van der Waals surface area contributed by atoms with Crippen LogP contribution in [-0.2, 0) is 13.1 Å². The van der Waals surface area contributed by atoms with Gasteiger partial charge in [0.15, 0.2) is 5.65 Å². The van der Waals surface area contributed by atoms with Crippen molar-refractivity contribution < 1.29 is 0 Å². The van der Waals surface area contributed by atoms with Gasteiger partial charge in [0, 0.05) is 70.9 Å². The van der Waals surface area contributed by atoms with Crippen molar-refractivity contribution in [2.75, 3.05) is 0 Å². The highest BCUT2D eigenvalue weighted by atomic mass is 15.2. The largest absolute Gasteiger partial charge is 0.353 e. The number of hydrogen-bond donors (Lipinski definition) is 3. The SMILES string of the molecule is c1ccc(CNCc2cncc(-c3cnc4n[nH]c(-c5cc6c(-c7ccccn7)cccc6[nH]5)c4c3)c2)cc1. The lowest BCUT2D eigenvalue weighted by Gasteiger charge is -2.07. The molecule has 7 rings (SSSR count). The van der Waals surface area contributed by atoms with Crippen molar-refractivity contribution in [2.45, 2.75) is 13.1 Å². The summed E-state index contributed by atoms with van der Waals surface area (Å²) in [6, 6.07) is 29.0. The highest BCUT2D eigenvalue weighted by Gasteiger charge is 2.15. The van der Waals surface area contributed by atoms with Gasteiger partial charge in [0.25, 0.3) is 0 Å². The zero-order valence-electron chi connectivity index (χ0n) is 21.1. The standard InChI is InChI=1S/C32H25N7/c1-2-7-21(8-3-1)16-33-17-22-13-23(19-34-18-22)24-14-27-31(38-39-32(27)36-20-24)30-15-26-25(9-6-11-29(26)37-30)28-10-4-5-12-35-28/h1-15,18-20,33,37H,16-17H2,(H,36,38,39). The van der Waals surface area contributed by atoms with E-state index < -0.39 is 0 Å². The molecule has 5 aromatic heterocycles. The molecule has 0 aliphatic carbocycles. The summed E-state index contributed by atoms with van der Waals surface area (Å²) < 4.78 is 0. The van der Waals surface area contributed by atoms with Gasteiger partial charge < -0.3 is 10.3 Å². The Balaban J connectivity index is 1.20. The first kappa shape index (κ1) is 23.0. The molecule has 0 aliphatic heterocycles. The molecule has 39 heavy (non-hydrogen) atoms. The van der Waals surface area contributed by atoms with Crippen LogP contribution in [0.5, 0.6) is 0 Å². The first-order valence-electron chi connectivity index (χ1n) is 12.9. The third-order valence-electron chi connectivity index (χ3n) is 6.91. The highest BCUT2D eigenvalue weighted by Crippen LogP contribution is 2.34. The first-order valence-corrected chi connectivity index (χ1v) is 12.9. The smallest absolute Gasteiger partial charge is 0.181 e. The Labute approximate surface area is 225 Å². The summed E-state index contributed by atoms with van der Waals surface area (Å²) in [4.78, 5) is 17.3. The van der Waals surface area contributed by atoms with Gasteiger partial charge in [-0.15, -0.1) is 0 Å². The number of nitrogens with zero attached hydrogens (tertiary/aromatic N) is 4. The van der Waals surface area contributed by atoms with Gasteiger partial charge in [-0.05, 0) is 47.5 Å². The normalized spacial score (nSPS) is 11.4. The van der Waals surface area contributed by atoms with Crippen molar-refractivity contribution in [3.63, 3.8) is 0 Å². The summed E-state index contributed by atoms with van der Waals surface area (Å²) >= 11 is 0. The van der Waals surface area contributed by atoms with Crippen LogP contribution in [-0.4, -0.2) is 30.1 Å². The number of fused-ring (bicyclic) bond motifs is 2. The average molecular weight is 508 g/mol. The van der Waals surface area contributed by atoms with E-state index in [-0.39, 0.29) is 0 Å². The lowest BCUT2D eigenvalue weighted by molar-refractivity contribution is 0.691. The molecule has 7 nitrogen and oxygen atoms in total. The third-order valence-corrected chi connectivity index (χ3v) is 6.91. The summed E-state index contributed by atoms with van der Waals surface area (Å²) in [5, 5.41) is 13.2. The maximum atomic E-state index is 4.64. The van der Waals surface area contributed by atoms with E-state index in [1.54, 1.807) is 0 Å². The molecule has 3 N–H and O–H groups in total. The summed E-state index contributed by atoms with van der Waals surface area (Å²) in [5.41, 5.74) is 9.98. The molecule has 0 fully saturated rings. The maximum absolute atomic E-state index is 4.64. The molecule has 0 radical (unpaired) electrons. The van der Waals surface area contributed by atoms with Crippen LogP contribution in [0.25, 0.3) is 55.7 Å². The summed E-state index contributed by atoms with van der Waals surface area (Å²) in [5.74, 6) is 0. The molecular formula is C32H25N7. The number of pyridine rings is 3. The number of nitrogens with one attached hydrogen (secondary N) is 3. The minimum absolute atomic E-state index is 0.672. The molecule has 0 aliphatic rings. The van der Waals surface area contributed by atoms with E-state index in [4.69, 9.17) is 0 Å². The second-order valence-corrected chi connectivity index (χ2v) is 9.53. The second kappa shape index (κ2) is 9.96. The number of aromatic amines is 2. The van der Waals surface area contributed by atoms with Gasteiger partial charge in [-0.1, -0.05) is 48.5 Å². The number of rotatable bonds is 7. The Morgan fingerprint density at radius 2 is 1.56 bits per heavy atom. The van der Waals surface area contributed by atoms with Crippen molar-refractivity contribution in [2.24, 2.45) is 0 Å². The lowest BCUT2D eigenvalue weighted by atomic mass is 10.0. The molecule has 0 amide bonds. The molecule has 5 heterocycles. The second-order valence-electron chi connectivity index (χ2n) is 9.53. The van der Waals surface area contributed by atoms with Crippen LogP contribution in [0.2, 0.25) is 0 Å². The van der Waals surface area contributed by atoms with Crippen LogP contribution in [0.3, 0.4) is 0 Å². The minimum atomic E-state index is 0.672. The van der Waals surface area contributed by atoms with Crippen LogP contribution in [0.15, 0.2) is 110 Å².